The first kappa shape index (κ1) is 13.5. The molecule has 0 aromatic heterocycles. The third-order valence-corrected chi connectivity index (χ3v) is 4.34. The van der Waals surface area contributed by atoms with Crippen molar-refractivity contribution in [3.05, 3.63) is 35.1 Å². The van der Waals surface area contributed by atoms with E-state index < -0.39 is 5.60 Å². The molecule has 2 rings (SSSR count). The lowest BCUT2D eigenvalue weighted by atomic mass is 9.75. The van der Waals surface area contributed by atoms with Gasteiger partial charge in [0.1, 0.15) is 5.82 Å². The minimum atomic E-state index is -0.709. The summed E-state index contributed by atoms with van der Waals surface area (Å²) in [5, 5.41) is 10.7. The van der Waals surface area contributed by atoms with Crippen molar-refractivity contribution >= 4 is 0 Å². The maximum atomic E-state index is 13.3. The molecule has 2 heteroatoms. The van der Waals surface area contributed by atoms with E-state index in [0.29, 0.717) is 12.3 Å². The minimum absolute atomic E-state index is 0.213. The molecule has 1 fully saturated rings. The molecule has 18 heavy (non-hydrogen) atoms. The molecule has 1 aliphatic carbocycles. The van der Waals surface area contributed by atoms with Gasteiger partial charge in [0, 0.05) is 6.42 Å². The molecule has 1 aromatic carbocycles. The first-order valence-corrected chi connectivity index (χ1v) is 6.96. The van der Waals surface area contributed by atoms with Crippen molar-refractivity contribution in [3.63, 3.8) is 0 Å². The molecule has 1 aliphatic rings. The van der Waals surface area contributed by atoms with Gasteiger partial charge in [-0.25, -0.2) is 4.39 Å². The smallest absolute Gasteiger partial charge is 0.123 e. The fourth-order valence-corrected chi connectivity index (χ4v) is 3.08. The highest BCUT2D eigenvalue weighted by molar-refractivity contribution is 5.28. The Balaban J connectivity index is 2.13. The van der Waals surface area contributed by atoms with Gasteiger partial charge in [-0.3, -0.25) is 0 Å². The molecule has 0 heterocycles. The van der Waals surface area contributed by atoms with E-state index in [1.54, 1.807) is 12.1 Å². The predicted octanol–water partition coefficient (Wildman–Crippen LogP) is 4.01. The van der Waals surface area contributed by atoms with Gasteiger partial charge in [0.2, 0.25) is 0 Å². The third kappa shape index (κ3) is 3.11. The summed E-state index contributed by atoms with van der Waals surface area (Å²) in [4.78, 5) is 0. The highest BCUT2D eigenvalue weighted by atomic mass is 19.1. The summed E-state index contributed by atoms with van der Waals surface area (Å²) in [6, 6.07) is 4.84. The van der Waals surface area contributed by atoms with E-state index in [1.165, 1.54) is 25.3 Å². The van der Waals surface area contributed by atoms with E-state index in [2.05, 4.69) is 0 Å². The van der Waals surface area contributed by atoms with Crippen molar-refractivity contribution in [2.75, 3.05) is 0 Å². The zero-order chi connectivity index (χ0) is 13.2. The van der Waals surface area contributed by atoms with Gasteiger partial charge >= 0.3 is 0 Å². The Bertz CT molecular complexity index is 406. The second kappa shape index (κ2) is 5.40. The van der Waals surface area contributed by atoms with E-state index in [4.69, 9.17) is 0 Å². The first-order chi connectivity index (χ1) is 8.49. The molecule has 1 nitrogen and oxygen atoms in total. The molecule has 1 aromatic rings. The molecule has 0 amide bonds. The van der Waals surface area contributed by atoms with Crippen LogP contribution in [0.1, 0.15) is 50.2 Å². The molecule has 0 saturated heterocycles. The van der Waals surface area contributed by atoms with Crippen molar-refractivity contribution in [2.24, 2.45) is 5.92 Å². The zero-order valence-electron chi connectivity index (χ0n) is 11.4. The SMILES string of the molecule is Cc1ccc(F)cc1CC(C)(O)C1CCCCC1. The number of benzene rings is 1. The average molecular weight is 250 g/mol. The van der Waals surface area contributed by atoms with Crippen molar-refractivity contribution in [3.8, 4) is 0 Å². The van der Waals surface area contributed by atoms with E-state index in [-0.39, 0.29) is 5.82 Å². The molecule has 1 N–H and O–H groups in total. The largest absolute Gasteiger partial charge is 0.390 e. The van der Waals surface area contributed by atoms with Crippen LogP contribution >= 0.6 is 0 Å². The maximum absolute atomic E-state index is 13.3. The summed E-state index contributed by atoms with van der Waals surface area (Å²) in [6.45, 7) is 3.89. The first-order valence-electron chi connectivity index (χ1n) is 6.96. The summed E-state index contributed by atoms with van der Waals surface area (Å²) in [7, 11) is 0. The van der Waals surface area contributed by atoms with E-state index in [1.807, 2.05) is 13.8 Å². The summed E-state index contributed by atoms with van der Waals surface area (Å²) in [5.74, 6) is 0.143. The molecule has 0 radical (unpaired) electrons. The highest BCUT2D eigenvalue weighted by Crippen LogP contribution is 2.35. The second-order valence-electron chi connectivity index (χ2n) is 5.94. The standard InChI is InChI=1S/C16H23FO/c1-12-8-9-15(17)10-13(12)11-16(2,18)14-6-4-3-5-7-14/h8-10,14,18H,3-7,11H2,1-2H3. The Labute approximate surface area is 109 Å². The van der Waals surface area contributed by atoms with Gasteiger partial charge in [0.15, 0.2) is 0 Å². The maximum Gasteiger partial charge on any atom is 0.123 e. The molecule has 1 saturated carbocycles. The number of aryl methyl sites for hydroxylation is 1. The van der Waals surface area contributed by atoms with Gasteiger partial charge in [-0.2, -0.15) is 0 Å². The van der Waals surface area contributed by atoms with Crippen molar-refractivity contribution < 1.29 is 9.50 Å². The number of rotatable bonds is 3. The summed E-state index contributed by atoms with van der Waals surface area (Å²) < 4.78 is 13.3. The fraction of sp³-hybridized carbons (Fsp3) is 0.625. The number of hydrogen-bond donors (Lipinski definition) is 1. The van der Waals surface area contributed by atoms with Crippen LogP contribution in [0, 0.1) is 18.7 Å². The third-order valence-electron chi connectivity index (χ3n) is 4.34. The quantitative estimate of drug-likeness (QED) is 0.859. The lowest BCUT2D eigenvalue weighted by Crippen LogP contribution is -2.38. The lowest BCUT2D eigenvalue weighted by Gasteiger charge is -2.36. The van der Waals surface area contributed by atoms with Gasteiger partial charge in [-0.15, -0.1) is 0 Å². The molecule has 0 bridgehead atoms. The predicted molar refractivity (Wildman–Crippen MR) is 72.0 cm³/mol. The summed E-state index contributed by atoms with van der Waals surface area (Å²) in [5.41, 5.74) is 1.29. The lowest BCUT2D eigenvalue weighted by molar-refractivity contribution is -0.0161. The summed E-state index contributed by atoms with van der Waals surface area (Å²) in [6.07, 6.45) is 6.46. The van der Waals surface area contributed by atoms with Gasteiger partial charge in [0.05, 0.1) is 5.60 Å². The van der Waals surface area contributed by atoms with Gasteiger partial charge in [0.25, 0.3) is 0 Å². The monoisotopic (exact) mass is 250 g/mol. The van der Waals surface area contributed by atoms with E-state index >= 15 is 0 Å². The highest BCUT2D eigenvalue weighted by Gasteiger charge is 2.33. The number of aliphatic hydroxyl groups is 1. The summed E-state index contributed by atoms with van der Waals surface area (Å²) >= 11 is 0. The van der Waals surface area contributed by atoms with Gasteiger partial charge in [-0.1, -0.05) is 25.3 Å². The Morgan fingerprint density at radius 3 is 2.61 bits per heavy atom. The van der Waals surface area contributed by atoms with Crippen LogP contribution in [0.25, 0.3) is 0 Å². The molecule has 100 valence electrons. The Morgan fingerprint density at radius 2 is 1.94 bits per heavy atom. The van der Waals surface area contributed by atoms with Crippen LogP contribution in [-0.4, -0.2) is 10.7 Å². The van der Waals surface area contributed by atoms with Crippen LogP contribution in [0.15, 0.2) is 18.2 Å². The second-order valence-corrected chi connectivity index (χ2v) is 5.94. The van der Waals surface area contributed by atoms with Gasteiger partial charge in [-0.05, 0) is 55.9 Å². The minimum Gasteiger partial charge on any atom is -0.390 e. The van der Waals surface area contributed by atoms with Crippen LogP contribution in [-0.2, 0) is 6.42 Å². The zero-order valence-corrected chi connectivity index (χ0v) is 11.4. The topological polar surface area (TPSA) is 20.2 Å². The van der Waals surface area contributed by atoms with Crippen LogP contribution in [0.2, 0.25) is 0 Å². The normalized spacial score (nSPS) is 20.7. The number of halogens is 1. The average Bonchev–Trinajstić information content (AvgIpc) is 2.35. The molecular weight excluding hydrogens is 227 g/mol. The molecule has 1 unspecified atom stereocenters. The molecule has 0 spiro atoms. The molecular formula is C16H23FO. The molecule has 1 atom stereocenters. The Morgan fingerprint density at radius 1 is 1.28 bits per heavy atom. The van der Waals surface area contributed by atoms with E-state index in [9.17, 15) is 9.50 Å². The van der Waals surface area contributed by atoms with Crippen LogP contribution in [0.4, 0.5) is 4.39 Å². The fourth-order valence-electron chi connectivity index (χ4n) is 3.08. The Kier molecular flexibility index (Phi) is 4.06. The van der Waals surface area contributed by atoms with Crippen molar-refractivity contribution in [2.45, 2.75) is 58.0 Å². The van der Waals surface area contributed by atoms with Crippen LogP contribution in [0.3, 0.4) is 0 Å². The van der Waals surface area contributed by atoms with Gasteiger partial charge < -0.3 is 5.11 Å². The van der Waals surface area contributed by atoms with E-state index in [0.717, 1.165) is 24.0 Å². The Hall–Kier alpha value is -0.890. The van der Waals surface area contributed by atoms with Crippen LogP contribution < -0.4 is 0 Å². The number of hydrogen-bond acceptors (Lipinski definition) is 1. The molecule has 0 aliphatic heterocycles. The van der Waals surface area contributed by atoms with Crippen molar-refractivity contribution in [1.82, 2.24) is 0 Å². The van der Waals surface area contributed by atoms with Crippen molar-refractivity contribution in [1.29, 1.82) is 0 Å². The van der Waals surface area contributed by atoms with Crippen LogP contribution in [0.5, 0.6) is 0 Å².